The number of aromatic amines is 1. The van der Waals surface area contributed by atoms with E-state index in [1.54, 1.807) is 37.7 Å². The van der Waals surface area contributed by atoms with Crippen LogP contribution in [0.25, 0.3) is 42.6 Å². The number of hydrogen-bond donors (Lipinski definition) is 2. The second-order valence-electron chi connectivity index (χ2n) is 9.68. The topological polar surface area (TPSA) is 126 Å². The fraction of sp³-hybridized carbons (Fsp3) is 0.222. The Balaban J connectivity index is 1.62. The molecule has 1 amide bonds. The molecule has 2 N–H and O–H groups in total. The number of benzene rings is 2. The maximum Gasteiger partial charge on any atom is 0.407 e. The molecular formula is C27H23BrN6O3S. The van der Waals surface area contributed by atoms with Gasteiger partial charge in [0.25, 0.3) is 5.56 Å². The van der Waals surface area contributed by atoms with Gasteiger partial charge in [0.1, 0.15) is 11.7 Å². The van der Waals surface area contributed by atoms with E-state index in [-0.39, 0.29) is 12.1 Å². The zero-order valence-corrected chi connectivity index (χ0v) is 23.5. The molecule has 0 bridgehead atoms. The molecule has 0 radical (unpaired) electrons. The number of hydrogen-bond acceptors (Lipinski definition) is 7. The summed E-state index contributed by atoms with van der Waals surface area (Å²) in [4.78, 5) is 25.5. The number of nitriles is 1. The third-order valence-corrected chi connectivity index (χ3v) is 8.08. The van der Waals surface area contributed by atoms with Crippen molar-refractivity contribution >= 4 is 54.2 Å². The first-order valence-electron chi connectivity index (χ1n) is 11.7. The summed E-state index contributed by atoms with van der Waals surface area (Å²) < 4.78 is 8.97. The normalized spacial score (nSPS) is 11.6. The van der Waals surface area contributed by atoms with Crippen LogP contribution < -0.4 is 10.9 Å². The molecule has 0 aliphatic carbocycles. The minimum absolute atomic E-state index is 0.0640. The largest absolute Gasteiger partial charge is 0.444 e. The first-order valence-corrected chi connectivity index (χ1v) is 13.3. The monoisotopic (exact) mass is 590 g/mol. The van der Waals surface area contributed by atoms with Crippen molar-refractivity contribution in [3.63, 3.8) is 0 Å². The molecule has 0 saturated carbocycles. The Bertz CT molecular complexity index is 1820. The molecule has 5 rings (SSSR count). The molecule has 5 aromatic rings. The average molecular weight is 591 g/mol. The van der Waals surface area contributed by atoms with Gasteiger partial charge in [0.2, 0.25) is 0 Å². The van der Waals surface area contributed by atoms with Crippen molar-refractivity contribution in [2.75, 3.05) is 0 Å². The molecule has 2 aromatic carbocycles. The first kappa shape index (κ1) is 25.6. The number of rotatable bonds is 4. The molecule has 192 valence electrons. The number of H-pyrrole nitrogens is 1. The fourth-order valence-electron chi connectivity index (χ4n) is 4.27. The Morgan fingerprint density at radius 1 is 1.24 bits per heavy atom. The molecule has 38 heavy (non-hydrogen) atoms. The summed E-state index contributed by atoms with van der Waals surface area (Å²) in [7, 11) is 1.84. The first-order chi connectivity index (χ1) is 18.1. The van der Waals surface area contributed by atoms with Gasteiger partial charge in [-0.3, -0.25) is 9.48 Å². The molecule has 0 fully saturated rings. The van der Waals surface area contributed by atoms with Crippen LogP contribution in [0.1, 0.15) is 32.0 Å². The molecule has 0 aliphatic heterocycles. The number of aryl methyl sites for hydroxylation is 1. The summed E-state index contributed by atoms with van der Waals surface area (Å²) in [6.45, 7) is 5.41. The van der Waals surface area contributed by atoms with E-state index in [0.29, 0.717) is 22.0 Å². The lowest BCUT2D eigenvalue weighted by molar-refractivity contribution is 0.0523. The van der Waals surface area contributed by atoms with Gasteiger partial charge in [-0.2, -0.15) is 15.5 Å². The van der Waals surface area contributed by atoms with Gasteiger partial charge in [-0.15, -0.1) is 11.3 Å². The Morgan fingerprint density at radius 3 is 2.76 bits per heavy atom. The highest BCUT2D eigenvalue weighted by molar-refractivity contribution is 9.10. The SMILES string of the molecule is Cn1ncc(-c2ccc3c(=O)[nH]nc(CNC(=O)OC(C)(C)C)c3c2)c1-c1sc2c(Br)cccc2c1C#N. The average Bonchev–Trinajstić information content (AvgIpc) is 3.43. The number of aromatic nitrogens is 4. The van der Waals surface area contributed by atoms with Crippen LogP contribution in [-0.2, 0) is 18.3 Å². The number of fused-ring (bicyclic) bond motifs is 2. The van der Waals surface area contributed by atoms with Crippen molar-refractivity contribution < 1.29 is 9.53 Å². The van der Waals surface area contributed by atoms with E-state index >= 15 is 0 Å². The zero-order valence-electron chi connectivity index (χ0n) is 21.0. The van der Waals surface area contributed by atoms with Gasteiger partial charge in [0.15, 0.2) is 0 Å². The van der Waals surface area contributed by atoms with Crippen LogP contribution in [0.2, 0.25) is 0 Å². The number of nitrogens with zero attached hydrogens (tertiary/aromatic N) is 4. The third-order valence-electron chi connectivity index (χ3n) is 5.91. The van der Waals surface area contributed by atoms with E-state index in [0.717, 1.165) is 36.3 Å². The maximum atomic E-state index is 12.5. The lowest BCUT2D eigenvalue weighted by atomic mass is 9.99. The van der Waals surface area contributed by atoms with Gasteiger partial charge in [0, 0.05) is 27.9 Å². The summed E-state index contributed by atoms with van der Waals surface area (Å²) in [6, 6.07) is 13.6. The molecule has 0 saturated heterocycles. The van der Waals surface area contributed by atoms with E-state index in [1.165, 1.54) is 11.3 Å². The summed E-state index contributed by atoms with van der Waals surface area (Å²) in [5.74, 6) is 0. The zero-order chi connectivity index (χ0) is 27.2. The minimum Gasteiger partial charge on any atom is -0.444 e. The van der Waals surface area contributed by atoms with Crippen molar-refractivity contribution in [1.82, 2.24) is 25.3 Å². The Kier molecular flexibility index (Phi) is 6.54. The second-order valence-corrected chi connectivity index (χ2v) is 11.6. The van der Waals surface area contributed by atoms with Gasteiger partial charge in [0.05, 0.1) is 44.7 Å². The van der Waals surface area contributed by atoms with Crippen LogP contribution in [0, 0.1) is 11.3 Å². The van der Waals surface area contributed by atoms with Crippen LogP contribution in [0.15, 0.2) is 51.9 Å². The maximum absolute atomic E-state index is 12.5. The Labute approximate surface area is 230 Å². The molecule has 11 heteroatoms. The molecule has 3 aromatic heterocycles. The number of carbonyl (C=O) groups excluding carboxylic acids is 1. The smallest absolute Gasteiger partial charge is 0.407 e. The van der Waals surface area contributed by atoms with E-state index < -0.39 is 11.7 Å². The third kappa shape index (κ3) is 4.68. The van der Waals surface area contributed by atoms with E-state index in [9.17, 15) is 14.9 Å². The van der Waals surface area contributed by atoms with Crippen LogP contribution in [0.3, 0.4) is 0 Å². The van der Waals surface area contributed by atoms with Gasteiger partial charge in [-0.1, -0.05) is 18.2 Å². The fourth-order valence-corrected chi connectivity index (χ4v) is 6.13. The van der Waals surface area contributed by atoms with Crippen molar-refractivity contribution in [2.24, 2.45) is 7.05 Å². The summed E-state index contributed by atoms with van der Waals surface area (Å²) >= 11 is 5.12. The highest BCUT2D eigenvalue weighted by Crippen LogP contribution is 2.44. The predicted molar refractivity (Wildman–Crippen MR) is 151 cm³/mol. The van der Waals surface area contributed by atoms with Gasteiger partial charge in [-0.25, -0.2) is 9.89 Å². The van der Waals surface area contributed by atoms with Crippen LogP contribution in [-0.4, -0.2) is 31.7 Å². The summed E-state index contributed by atoms with van der Waals surface area (Å²) in [5.41, 5.74) is 2.49. The molecule has 9 nitrogen and oxygen atoms in total. The summed E-state index contributed by atoms with van der Waals surface area (Å²) in [5, 5.41) is 25.8. The van der Waals surface area contributed by atoms with Gasteiger partial charge >= 0.3 is 6.09 Å². The lowest BCUT2D eigenvalue weighted by Gasteiger charge is -2.19. The van der Waals surface area contributed by atoms with E-state index in [4.69, 9.17) is 4.74 Å². The van der Waals surface area contributed by atoms with Crippen LogP contribution >= 0.6 is 27.3 Å². The van der Waals surface area contributed by atoms with Crippen molar-refractivity contribution in [3.8, 4) is 27.8 Å². The number of ether oxygens (including phenoxy) is 1. The quantitative estimate of drug-likeness (QED) is 0.270. The lowest BCUT2D eigenvalue weighted by Crippen LogP contribution is -2.32. The number of nitrogens with one attached hydrogen (secondary N) is 2. The van der Waals surface area contributed by atoms with Crippen molar-refractivity contribution in [3.05, 3.63) is 68.7 Å². The minimum atomic E-state index is -0.640. The van der Waals surface area contributed by atoms with Crippen molar-refractivity contribution in [1.29, 1.82) is 5.26 Å². The Morgan fingerprint density at radius 2 is 2.03 bits per heavy atom. The van der Waals surface area contributed by atoms with E-state index in [2.05, 4.69) is 42.6 Å². The number of thiophene rings is 1. The molecule has 0 atom stereocenters. The Hall–Kier alpha value is -4.01. The number of amides is 1. The molecule has 3 heterocycles. The number of halogens is 1. The van der Waals surface area contributed by atoms with Gasteiger partial charge < -0.3 is 10.1 Å². The number of carbonyl (C=O) groups is 1. The van der Waals surface area contributed by atoms with Crippen LogP contribution in [0.4, 0.5) is 4.79 Å². The molecule has 0 unspecified atom stereocenters. The van der Waals surface area contributed by atoms with Crippen LogP contribution in [0.5, 0.6) is 0 Å². The van der Waals surface area contributed by atoms with E-state index in [1.807, 2.05) is 37.4 Å². The molecule has 0 spiro atoms. The number of alkyl carbamates (subject to hydrolysis) is 1. The molecular weight excluding hydrogens is 568 g/mol. The standard InChI is InChI=1S/C27H23BrN6O3S/c1-27(2,3)37-26(36)30-13-21-17-10-14(8-9-16(17)25(35)33-32-21)19-12-31-34(4)22(19)24-18(11-29)15-6-5-7-20(28)23(15)38-24/h5-10,12H,13H2,1-4H3,(H,30,36)(H,33,35). The predicted octanol–water partition coefficient (Wildman–Crippen LogP) is 5.86. The highest BCUT2D eigenvalue weighted by atomic mass is 79.9. The molecule has 0 aliphatic rings. The second kappa shape index (κ2) is 9.70. The highest BCUT2D eigenvalue weighted by Gasteiger charge is 2.23. The summed E-state index contributed by atoms with van der Waals surface area (Å²) in [6.07, 6.45) is 1.17. The van der Waals surface area contributed by atoms with Crippen molar-refractivity contribution in [2.45, 2.75) is 32.9 Å². The van der Waals surface area contributed by atoms with Gasteiger partial charge in [-0.05, 0) is 60.5 Å².